The van der Waals surface area contributed by atoms with Crippen LogP contribution in [-0.2, 0) is 0 Å². The molecular weight excluding hydrogens is 456 g/mol. The summed E-state index contributed by atoms with van der Waals surface area (Å²) in [6.07, 6.45) is 4.15. The molecule has 1 fully saturated rings. The maximum absolute atomic E-state index is 12.7. The monoisotopic (exact) mass is 478 g/mol. The van der Waals surface area contributed by atoms with Gasteiger partial charge in [-0.3, -0.25) is 4.79 Å². The highest BCUT2D eigenvalue weighted by atomic mass is 35.5. The number of alkyl halides is 3. The molecule has 1 heterocycles. The number of pyridine rings is 1. The average Bonchev–Trinajstić information content (AvgIpc) is 2.76. The van der Waals surface area contributed by atoms with Gasteiger partial charge in [-0.1, -0.05) is 42.1 Å². The number of carbonyl (C=O) groups excluding carboxylic acids is 1. The summed E-state index contributed by atoms with van der Waals surface area (Å²) in [5, 5.41) is 13.7. The van der Waals surface area contributed by atoms with Gasteiger partial charge in [-0.15, -0.1) is 0 Å². The summed E-state index contributed by atoms with van der Waals surface area (Å²) in [4.78, 5) is 16.9. The second-order valence-corrected chi connectivity index (χ2v) is 7.59. The molecule has 2 N–H and O–H groups in total. The first-order valence-electron chi connectivity index (χ1n) is 9.66. The zero-order valence-electron chi connectivity index (χ0n) is 16.6. The van der Waals surface area contributed by atoms with Crippen molar-refractivity contribution in [1.82, 2.24) is 10.3 Å². The van der Waals surface area contributed by atoms with Gasteiger partial charge >= 0.3 is 0 Å². The van der Waals surface area contributed by atoms with Gasteiger partial charge in [-0.25, -0.2) is 18.2 Å². The first kappa shape index (κ1) is 25.2. The van der Waals surface area contributed by atoms with Crippen molar-refractivity contribution >= 4 is 29.1 Å². The highest BCUT2D eigenvalue weighted by molar-refractivity contribution is 6.42. The summed E-state index contributed by atoms with van der Waals surface area (Å²) in [6, 6.07) is 6.32. The molecule has 2 aromatic rings. The van der Waals surface area contributed by atoms with Gasteiger partial charge in [-0.05, 0) is 36.6 Å². The van der Waals surface area contributed by atoms with Crippen LogP contribution in [0.3, 0.4) is 0 Å². The molecule has 1 saturated carbocycles. The van der Waals surface area contributed by atoms with E-state index in [0.29, 0.717) is 33.2 Å². The first-order valence-corrected chi connectivity index (χ1v) is 10.4. The molecule has 5 nitrogen and oxygen atoms in total. The van der Waals surface area contributed by atoms with Crippen molar-refractivity contribution in [2.45, 2.75) is 37.8 Å². The highest BCUT2D eigenvalue weighted by Gasteiger charge is 2.25. The third-order valence-corrected chi connectivity index (χ3v) is 5.44. The molecule has 1 aliphatic rings. The summed E-state index contributed by atoms with van der Waals surface area (Å²) in [6.45, 7) is -2.56. The molecule has 1 aromatic heterocycles. The molecule has 0 radical (unpaired) electrons. The van der Waals surface area contributed by atoms with Gasteiger partial charge in [0.25, 0.3) is 5.91 Å². The molecule has 1 aliphatic carbocycles. The smallest absolute Gasteiger partial charge is 0.253 e. The Bertz CT molecular complexity index is 874. The number of hydrogen-bond donors (Lipinski definition) is 2. The zero-order valence-corrected chi connectivity index (χ0v) is 18.1. The number of halogens is 5. The third kappa shape index (κ3) is 7.26. The lowest BCUT2D eigenvalue weighted by Gasteiger charge is -2.28. The second kappa shape index (κ2) is 12.7. The summed E-state index contributed by atoms with van der Waals surface area (Å²) in [7, 11) is 0. The lowest BCUT2D eigenvalue weighted by atomic mass is 9.92. The molecule has 0 aliphatic heterocycles. The van der Waals surface area contributed by atoms with E-state index in [1.54, 1.807) is 24.3 Å². The minimum absolute atomic E-state index is 0.152. The highest BCUT2D eigenvalue weighted by Crippen LogP contribution is 2.33. The molecule has 0 spiro atoms. The Balaban J connectivity index is 0.00000107. The average molecular weight is 479 g/mol. The van der Waals surface area contributed by atoms with Crippen LogP contribution in [-0.4, -0.2) is 48.4 Å². The molecule has 0 saturated heterocycles. The number of amides is 1. The minimum Gasteiger partial charge on any atom is -0.474 e. The quantitative estimate of drug-likeness (QED) is 0.589. The van der Waals surface area contributed by atoms with E-state index < -0.39 is 19.7 Å². The summed E-state index contributed by atoms with van der Waals surface area (Å²) in [5.74, 6) is -0.137. The molecule has 170 valence electrons. The number of aliphatic hydroxyl groups is 1. The Morgan fingerprint density at radius 1 is 1.16 bits per heavy atom. The van der Waals surface area contributed by atoms with E-state index in [1.807, 2.05) is 0 Å². The van der Waals surface area contributed by atoms with Crippen molar-refractivity contribution in [1.29, 1.82) is 0 Å². The van der Waals surface area contributed by atoms with Gasteiger partial charge in [-0.2, -0.15) is 0 Å². The van der Waals surface area contributed by atoms with Crippen LogP contribution in [0.4, 0.5) is 13.2 Å². The van der Waals surface area contributed by atoms with E-state index in [9.17, 15) is 23.1 Å². The van der Waals surface area contributed by atoms with Gasteiger partial charge < -0.3 is 15.2 Å². The van der Waals surface area contributed by atoms with Gasteiger partial charge in [0.2, 0.25) is 12.8 Å². The van der Waals surface area contributed by atoms with E-state index in [0.717, 1.165) is 19.3 Å². The lowest BCUT2D eigenvalue weighted by molar-refractivity contribution is 0.0717. The SMILES string of the molecule is FCF.O=C(NC1CCCCC1O)c1cnc(OCCF)c(-c2ccc(Cl)c(Cl)c2)c1. The predicted molar refractivity (Wildman–Crippen MR) is 114 cm³/mol. The summed E-state index contributed by atoms with van der Waals surface area (Å²) >= 11 is 12.1. The van der Waals surface area contributed by atoms with Crippen LogP contribution in [0.25, 0.3) is 11.1 Å². The minimum atomic E-state index is -1.75. The molecule has 0 bridgehead atoms. The van der Waals surface area contributed by atoms with Crippen LogP contribution in [0.15, 0.2) is 30.5 Å². The number of aromatic nitrogens is 1. The van der Waals surface area contributed by atoms with Crippen LogP contribution in [0.1, 0.15) is 36.0 Å². The molecule has 10 heteroatoms. The van der Waals surface area contributed by atoms with Crippen molar-refractivity contribution in [3.63, 3.8) is 0 Å². The Morgan fingerprint density at radius 2 is 1.87 bits per heavy atom. The van der Waals surface area contributed by atoms with Crippen LogP contribution < -0.4 is 10.1 Å². The largest absolute Gasteiger partial charge is 0.474 e. The number of ether oxygens (including phenoxy) is 1. The van der Waals surface area contributed by atoms with Crippen LogP contribution in [0.2, 0.25) is 10.0 Å². The molecule has 2 atom stereocenters. The second-order valence-electron chi connectivity index (χ2n) is 6.78. The number of hydrogen-bond acceptors (Lipinski definition) is 4. The fourth-order valence-electron chi connectivity index (χ4n) is 3.23. The van der Waals surface area contributed by atoms with Crippen molar-refractivity contribution in [2.24, 2.45) is 0 Å². The number of aliphatic hydroxyl groups excluding tert-OH is 1. The number of rotatable bonds is 6. The number of carbonyl (C=O) groups is 1. The van der Waals surface area contributed by atoms with Crippen molar-refractivity contribution < 1.29 is 27.8 Å². The Kier molecular flexibility index (Phi) is 10.4. The number of benzene rings is 1. The van der Waals surface area contributed by atoms with Crippen LogP contribution in [0.5, 0.6) is 5.88 Å². The number of nitrogens with zero attached hydrogens (tertiary/aromatic N) is 1. The first-order chi connectivity index (χ1) is 14.9. The zero-order chi connectivity index (χ0) is 22.8. The van der Waals surface area contributed by atoms with Crippen molar-refractivity contribution in [2.75, 3.05) is 20.2 Å². The lowest BCUT2D eigenvalue weighted by Crippen LogP contribution is -2.45. The molecule has 3 rings (SSSR count). The maximum Gasteiger partial charge on any atom is 0.253 e. The Morgan fingerprint density at radius 3 is 2.52 bits per heavy atom. The standard InChI is InChI=1S/C20H21Cl2FN2O3.CH2F2/c21-15-6-5-12(10-16(15)22)14-9-13(11-24-20(14)28-8-7-23)19(27)25-17-3-1-2-4-18(17)26;2-1-3/h5-6,9-11,17-18,26H,1-4,7-8H2,(H,25,27);1H2. The van der Waals surface area contributed by atoms with Gasteiger partial charge in [0.15, 0.2) is 0 Å². The fourth-order valence-corrected chi connectivity index (χ4v) is 3.53. The van der Waals surface area contributed by atoms with E-state index in [4.69, 9.17) is 27.9 Å². The number of nitrogens with one attached hydrogen (secondary N) is 1. The maximum atomic E-state index is 12.7. The third-order valence-electron chi connectivity index (χ3n) is 4.71. The van der Waals surface area contributed by atoms with E-state index in [2.05, 4.69) is 10.3 Å². The van der Waals surface area contributed by atoms with Crippen molar-refractivity contribution in [3.8, 4) is 17.0 Å². The van der Waals surface area contributed by atoms with Crippen LogP contribution in [0, 0.1) is 0 Å². The van der Waals surface area contributed by atoms with Crippen molar-refractivity contribution in [3.05, 3.63) is 46.1 Å². The van der Waals surface area contributed by atoms with Gasteiger partial charge in [0.05, 0.1) is 27.8 Å². The van der Waals surface area contributed by atoms with Gasteiger partial charge in [0.1, 0.15) is 13.3 Å². The molecule has 1 amide bonds. The molecule has 1 aromatic carbocycles. The topological polar surface area (TPSA) is 71.5 Å². The van der Waals surface area contributed by atoms with Gasteiger partial charge in [0, 0.05) is 11.8 Å². The summed E-state index contributed by atoms with van der Waals surface area (Å²) in [5.41, 5.74) is 1.46. The van der Waals surface area contributed by atoms with E-state index in [1.165, 1.54) is 6.20 Å². The molecular formula is C21H23Cl2F3N2O3. The van der Waals surface area contributed by atoms with E-state index >= 15 is 0 Å². The Hall–Kier alpha value is -2.03. The Labute approximate surface area is 188 Å². The van der Waals surface area contributed by atoms with E-state index in [-0.39, 0.29) is 24.4 Å². The normalized spacial score (nSPS) is 18.0. The summed E-state index contributed by atoms with van der Waals surface area (Å²) < 4.78 is 37.2. The predicted octanol–water partition coefficient (Wildman–Crippen LogP) is 5.32. The molecule has 2 unspecified atom stereocenters. The molecule has 31 heavy (non-hydrogen) atoms. The fraction of sp³-hybridized carbons (Fsp3) is 0.429. The van der Waals surface area contributed by atoms with Crippen LogP contribution >= 0.6 is 23.2 Å².